The Bertz CT molecular complexity index is 616. The Balaban J connectivity index is 1.68. The van der Waals surface area contributed by atoms with Crippen LogP contribution in [0.3, 0.4) is 0 Å². The van der Waals surface area contributed by atoms with E-state index in [1.54, 1.807) is 19.1 Å². The highest BCUT2D eigenvalue weighted by Gasteiger charge is 2.53. The number of nitrogens with zero attached hydrogens (tertiary/aromatic N) is 1. The zero-order chi connectivity index (χ0) is 15.7. The maximum absolute atomic E-state index is 12.5. The number of β-lactam (4-membered cyclic amide) rings is 1. The van der Waals surface area contributed by atoms with Crippen molar-refractivity contribution in [2.45, 2.75) is 19.4 Å². The predicted molar refractivity (Wildman–Crippen MR) is 79.6 cm³/mol. The van der Waals surface area contributed by atoms with E-state index in [0.717, 1.165) is 12.0 Å². The van der Waals surface area contributed by atoms with Gasteiger partial charge in [0.15, 0.2) is 11.5 Å². The molecule has 3 rings (SSSR count). The van der Waals surface area contributed by atoms with Crippen molar-refractivity contribution in [3.05, 3.63) is 23.8 Å². The van der Waals surface area contributed by atoms with Gasteiger partial charge >= 0.3 is 0 Å². The summed E-state index contributed by atoms with van der Waals surface area (Å²) in [5, 5.41) is 2.78. The van der Waals surface area contributed by atoms with Crippen LogP contribution in [0.25, 0.3) is 0 Å². The summed E-state index contributed by atoms with van der Waals surface area (Å²) in [6.07, 6.45) is 1.05. The van der Waals surface area contributed by atoms with Gasteiger partial charge in [-0.3, -0.25) is 9.59 Å². The van der Waals surface area contributed by atoms with Gasteiger partial charge in [0.1, 0.15) is 0 Å². The molecule has 1 spiro atoms. The monoisotopic (exact) mass is 304 g/mol. The minimum Gasteiger partial charge on any atom is -0.493 e. The summed E-state index contributed by atoms with van der Waals surface area (Å²) in [5.41, 5.74) is 0.528. The number of ether oxygens (including phenoxy) is 2. The first-order chi connectivity index (χ1) is 10.6. The second kappa shape index (κ2) is 5.51. The van der Waals surface area contributed by atoms with E-state index in [1.807, 2.05) is 18.2 Å². The molecule has 2 saturated heterocycles. The minimum atomic E-state index is -0.459. The number of amides is 2. The first-order valence-corrected chi connectivity index (χ1v) is 7.35. The van der Waals surface area contributed by atoms with Crippen molar-refractivity contribution >= 4 is 11.8 Å². The molecule has 1 aromatic rings. The fourth-order valence-corrected chi connectivity index (χ4v) is 3.29. The highest BCUT2D eigenvalue weighted by molar-refractivity contribution is 5.94. The van der Waals surface area contributed by atoms with Gasteiger partial charge in [-0.2, -0.15) is 0 Å². The summed E-state index contributed by atoms with van der Waals surface area (Å²) in [5.74, 6) is 1.38. The number of carbonyl (C=O) groups excluding carboxylic acids is 2. The van der Waals surface area contributed by atoms with Crippen molar-refractivity contribution < 1.29 is 19.1 Å². The third-order valence-corrected chi connectivity index (χ3v) is 4.48. The molecule has 2 aliphatic heterocycles. The zero-order valence-electron chi connectivity index (χ0n) is 12.8. The van der Waals surface area contributed by atoms with E-state index in [9.17, 15) is 9.59 Å². The molecule has 2 fully saturated rings. The smallest absolute Gasteiger partial charge is 0.231 e. The second-order valence-electron chi connectivity index (χ2n) is 5.91. The first kappa shape index (κ1) is 14.7. The number of nitrogens with one attached hydrogen (secondary N) is 1. The van der Waals surface area contributed by atoms with Gasteiger partial charge in [0.25, 0.3) is 0 Å². The molecule has 118 valence electrons. The number of benzene rings is 1. The van der Waals surface area contributed by atoms with E-state index >= 15 is 0 Å². The maximum Gasteiger partial charge on any atom is 0.231 e. The number of likely N-dealkylation sites (tertiary alicyclic amines) is 1. The molecule has 2 aliphatic rings. The number of methoxy groups -OCH3 is 2. The molecule has 2 heterocycles. The summed E-state index contributed by atoms with van der Waals surface area (Å²) in [6, 6.07) is 5.64. The molecule has 1 N–H and O–H groups in total. The fraction of sp³-hybridized carbons (Fsp3) is 0.500. The summed E-state index contributed by atoms with van der Waals surface area (Å²) in [4.78, 5) is 25.8. The molecule has 0 aliphatic carbocycles. The van der Waals surface area contributed by atoms with Crippen LogP contribution in [-0.4, -0.2) is 44.0 Å². The third kappa shape index (κ3) is 2.38. The van der Waals surface area contributed by atoms with Crippen LogP contribution in [0, 0.1) is 5.41 Å². The van der Waals surface area contributed by atoms with Crippen molar-refractivity contribution in [1.82, 2.24) is 10.2 Å². The lowest BCUT2D eigenvalue weighted by Gasteiger charge is -2.50. The summed E-state index contributed by atoms with van der Waals surface area (Å²) in [6.45, 7) is 1.77. The molecule has 2 amide bonds. The van der Waals surface area contributed by atoms with Crippen molar-refractivity contribution in [3.8, 4) is 11.5 Å². The molecular formula is C16H20N2O4. The number of piperidine rings is 1. The van der Waals surface area contributed by atoms with Gasteiger partial charge in [-0.05, 0) is 24.1 Å². The van der Waals surface area contributed by atoms with Crippen LogP contribution in [0.1, 0.15) is 18.4 Å². The predicted octanol–water partition coefficient (Wildman–Crippen LogP) is 0.942. The molecule has 1 aromatic carbocycles. The van der Waals surface area contributed by atoms with Gasteiger partial charge in [-0.1, -0.05) is 6.07 Å². The number of carbonyl (C=O) groups is 2. The number of rotatable bonds is 4. The topological polar surface area (TPSA) is 67.9 Å². The molecule has 6 nitrogen and oxygen atoms in total. The first-order valence-electron chi connectivity index (χ1n) is 7.35. The second-order valence-corrected chi connectivity index (χ2v) is 5.91. The van der Waals surface area contributed by atoms with Crippen LogP contribution in [0.4, 0.5) is 0 Å². The SMILES string of the molecule is COc1ccc(CN2CC3(CCNC(=O)C3)C2=O)cc1OC. The van der Waals surface area contributed by atoms with E-state index in [4.69, 9.17) is 9.47 Å². The molecule has 6 heteroatoms. The maximum atomic E-state index is 12.5. The lowest BCUT2D eigenvalue weighted by molar-refractivity contribution is -0.167. The molecule has 1 atom stereocenters. The van der Waals surface area contributed by atoms with Crippen molar-refractivity contribution in [2.75, 3.05) is 27.3 Å². The Morgan fingerprint density at radius 3 is 2.64 bits per heavy atom. The van der Waals surface area contributed by atoms with Crippen LogP contribution < -0.4 is 14.8 Å². The van der Waals surface area contributed by atoms with E-state index in [2.05, 4.69) is 5.32 Å². The highest BCUT2D eigenvalue weighted by atomic mass is 16.5. The van der Waals surface area contributed by atoms with E-state index in [1.165, 1.54) is 0 Å². The van der Waals surface area contributed by atoms with Gasteiger partial charge in [-0.25, -0.2) is 0 Å². The lowest BCUT2D eigenvalue weighted by Crippen LogP contribution is -2.64. The number of hydrogen-bond donors (Lipinski definition) is 1. The minimum absolute atomic E-state index is 0.0228. The lowest BCUT2D eigenvalue weighted by atomic mass is 9.71. The largest absolute Gasteiger partial charge is 0.493 e. The van der Waals surface area contributed by atoms with Crippen LogP contribution in [0.5, 0.6) is 11.5 Å². The third-order valence-electron chi connectivity index (χ3n) is 4.48. The standard InChI is InChI=1S/C16H20N2O4/c1-21-12-4-3-11(7-13(12)22-2)9-18-10-16(15(18)20)5-6-17-14(19)8-16/h3-4,7H,5-6,8-10H2,1-2H3,(H,17,19). The van der Waals surface area contributed by atoms with Crippen LogP contribution in [0.2, 0.25) is 0 Å². The Hall–Kier alpha value is -2.24. The Kier molecular flexibility index (Phi) is 3.68. The molecule has 1 unspecified atom stereocenters. The van der Waals surface area contributed by atoms with E-state index < -0.39 is 5.41 Å². The molecule has 0 bridgehead atoms. The number of hydrogen-bond acceptors (Lipinski definition) is 4. The molecule has 0 saturated carbocycles. The summed E-state index contributed by atoms with van der Waals surface area (Å²) < 4.78 is 10.5. The van der Waals surface area contributed by atoms with Crippen LogP contribution >= 0.6 is 0 Å². The van der Waals surface area contributed by atoms with Gasteiger partial charge < -0.3 is 19.7 Å². The van der Waals surface area contributed by atoms with Crippen molar-refractivity contribution in [1.29, 1.82) is 0 Å². The Morgan fingerprint density at radius 1 is 1.23 bits per heavy atom. The fourth-order valence-electron chi connectivity index (χ4n) is 3.29. The van der Waals surface area contributed by atoms with E-state index in [-0.39, 0.29) is 11.8 Å². The van der Waals surface area contributed by atoms with Gasteiger partial charge in [0, 0.05) is 26.1 Å². The molecule has 22 heavy (non-hydrogen) atoms. The molecule has 0 radical (unpaired) electrons. The normalized spacial score (nSPS) is 24.0. The van der Waals surface area contributed by atoms with Crippen LogP contribution in [-0.2, 0) is 16.1 Å². The molecule has 0 aromatic heterocycles. The highest BCUT2D eigenvalue weighted by Crippen LogP contribution is 2.41. The van der Waals surface area contributed by atoms with Gasteiger partial charge in [0.2, 0.25) is 11.8 Å². The van der Waals surface area contributed by atoms with Crippen LogP contribution in [0.15, 0.2) is 18.2 Å². The molecular weight excluding hydrogens is 284 g/mol. The summed E-state index contributed by atoms with van der Waals surface area (Å²) in [7, 11) is 3.18. The van der Waals surface area contributed by atoms with Crippen molar-refractivity contribution in [3.63, 3.8) is 0 Å². The van der Waals surface area contributed by atoms with Crippen molar-refractivity contribution in [2.24, 2.45) is 5.41 Å². The Labute approximate surface area is 129 Å². The quantitative estimate of drug-likeness (QED) is 0.841. The zero-order valence-corrected chi connectivity index (χ0v) is 12.8. The Morgan fingerprint density at radius 2 is 2.00 bits per heavy atom. The van der Waals surface area contributed by atoms with E-state index in [0.29, 0.717) is 37.6 Å². The van der Waals surface area contributed by atoms with Gasteiger partial charge in [-0.15, -0.1) is 0 Å². The average molecular weight is 304 g/mol. The average Bonchev–Trinajstić information content (AvgIpc) is 2.54. The summed E-state index contributed by atoms with van der Waals surface area (Å²) >= 11 is 0. The van der Waals surface area contributed by atoms with Gasteiger partial charge in [0.05, 0.1) is 19.6 Å².